The second kappa shape index (κ2) is 6.63. The summed E-state index contributed by atoms with van der Waals surface area (Å²) >= 11 is 0. The Morgan fingerprint density at radius 2 is 1.79 bits per heavy atom. The lowest BCUT2D eigenvalue weighted by atomic mass is 9.75. The molecule has 0 aromatic heterocycles. The van der Waals surface area contributed by atoms with E-state index < -0.39 is 0 Å². The molecule has 2 aliphatic carbocycles. The molecule has 0 heterocycles. The van der Waals surface area contributed by atoms with Crippen molar-refractivity contribution in [3.8, 4) is 0 Å². The summed E-state index contributed by atoms with van der Waals surface area (Å²) < 4.78 is 0. The standard InChI is InChI=1S/C28H26/c1-4-19-11-14-25-27(16-19)20(5-2)17-26-18(3)10-13-23-22-9-7-6-8-21(22)12-15-24(23)28(25)26/h5-16,18H,4,17H2,1-3H3. The fourth-order valence-corrected chi connectivity index (χ4v) is 4.87. The first-order valence-corrected chi connectivity index (χ1v) is 10.4. The Labute approximate surface area is 167 Å². The average molecular weight is 363 g/mol. The largest absolute Gasteiger partial charge is 0.0835 e. The molecule has 1 atom stereocenters. The van der Waals surface area contributed by atoms with E-state index in [-0.39, 0.29) is 0 Å². The van der Waals surface area contributed by atoms with Crippen molar-refractivity contribution in [1.82, 2.24) is 0 Å². The Balaban J connectivity index is 1.86. The van der Waals surface area contributed by atoms with Crippen molar-refractivity contribution in [2.75, 3.05) is 0 Å². The molecule has 0 fully saturated rings. The predicted octanol–water partition coefficient (Wildman–Crippen LogP) is 7.67. The molecule has 0 aliphatic heterocycles. The molecule has 2 aliphatic rings. The molecule has 0 nitrogen and oxygen atoms in total. The highest BCUT2D eigenvalue weighted by Gasteiger charge is 2.28. The number of rotatable bonds is 1. The molecule has 1 unspecified atom stereocenters. The Morgan fingerprint density at radius 3 is 2.61 bits per heavy atom. The van der Waals surface area contributed by atoms with Crippen LogP contribution in [-0.4, -0.2) is 0 Å². The lowest BCUT2D eigenvalue weighted by Gasteiger charge is -2.29. The maximum atomic E-state index is 2.41. The number of fused-ring (bicyclic) bond motifs is 6. The van der Waals surface area contributed by atoms with E-state index in [1.807, 2.05) is 0 Å². The van der Waals surface area contributed by atoms with Gasteiger partial charge >= 0.3 is 0 Å². The summed E-state index contributed by atoms with van der Waals surface area (Å²) in [5, 5.41) is 2.66. The van der Waals surface area contributed by atoms with E-state index in [0.29, 0.717) is 5.92 Å². The van der Waals surface area contributed by atoms with E-state index in [9.17, 15) is 0 Å². The van der Waals surface area contributed by atoms with Gasteiger partial charge in [-0.1, -0.05) is 92.2 Å². The molecule has 3 aromatic carbocycles. The minimum Gasteiger partial charge on any atom is -0.0835 e. The van der Waals surface area contributed by atoms with Gasteiger partial charge in [0.2, 0.25) is 0 Å². The maximum absolute atomic E-state index is 2.41. The van der Waals surface area contributed by atoms with E-state index in [0.717, 1.165) is 12.8 Å². The first-order chi connectivity index (χ1) is 13.7. The van der Waals surface area contributed by atoms with Crippen LogP contribution in [0.1, 0.15) is 55.0 Å². The van der Waals surface area contributed by atoms with E-state index in [1.165, 1.54) is 49.7 Å². The second-order valence-corrected chi connectivity index (χ2v) is 8.02. The Kier molecular flexibility index (Phi) is 4.09. The Bertz CT molecular complexity index is 1180. The minimum atomic E-state index is 0.440. The van der Waals surface area contributed by atoms with Crippen molar-refractivity contribution < 1.29 is 0 Å². The highest BCUT2D eigenvalue weighted by molar-refractivity contribution is 6.02. The van der Waals surface area contributed by atoms with Crippen molar-refractivity contribution in [3.05, 3.63) is 100 Å². The molecule has 0 spiro atoms. The summed E-state index contributed by atoms with van der Waals surface area (Å²) in [5.41, 5.74) is 11.5. The van der Waals surface area contributed by atoms with Crippen LogP contribution >= 0.6 is 0 Å². The molecule has 138 valence electrons. The smallest absolute Gasteiger partial charge is 0.00355 e. The highest BCUT2D eigenvalue weighted by atomic mass is 14.3. The third-order valence-electron chi connectivity index (χ3n) is 6.50. The molecule has 0 bridgehead atoms. The van der Waals surface area contributed by atoms with Crippen LogP contribution in [0.2, 0.25) is 0 Å². The van der Waals surface area contributed by atoms with Gasteiger partial charge in [0.05, 0.1) is 0 Å². The Morgan fingerprint density at radius 1 is 0.964 bits per heavy atom. The molecule has 0 saturated heterocycles. The molecule has 5 rings (SSSR count). The number of allylic oxidation sites excluding steroid dienone is 4. The average Bonchev–Trinajstić information content (AvgIpc) is 2.89. The zero-order valence-corrected chi connectivity index (χ0v) is 16.9. The van der Waals surface area contributed by atoms with Gasteiger partial charge in [-0.2, -0.15) is 0 Å². The lowest BCUT2D eigenvalue weighted by Crippen LogP contribution is -2.10. The highest BCUT2D eigenvalue weighted by Crippen LogP contribution is 2.47. The third-order valence-corrected chi connectivity index (χ3v) is 6.50. The molecule has 28 heavy (non-hydrogen) atoms. The van der Waals surface area contributed by atoms with Gasteiger partial charge in [-0.3, -0.25) is 0 Å². The molecule has 0 amide bonds. The zero-order valence-electron chi connectivity index (χ0n) is 16.9. The number of hydrogen-bond acceptors (Lipinski definition) is 0. The van der Waals surface area contributed by atoms with Gasteiger partial charge in [0, 0.05) is 0 Å². The first-order valence-electron chi connectivity index (χ1n) is 10.4. The zero-order chi connectivity index (χ0) is 19.3. The SMILES string of the molecule is CC=C1CC2=C(c3ccc(CC)cc31)c1ccc3ccccc3c1C=CC2C. The third kappa shape index (κ3) is 2.52. The second-order valence-electron chi connectivity index (χ2n) is 8.02. The van der Waals surface area contributed by atoms with Gasteiger partial charge in [0.15, 0.2) is 0 Å². The fourth-order valence-electron chi connectivity index (χ4n) is 4.87. The molecular formula is C28H26. The van der Waals surface area contributed by atoms with Crippen LogP contribution < -0.4 is 0 Å². The monoisotopic (exact) mass is 362 g/mol. The summed E-state index contributed by atoms with van der Waals surface area (Å²) in [5.74, 6) is 0.440. The van der Waals surface area contributed by atoms with Crippen molar-refractivity contribution >= 4 is 28.0 Å². The van der Waals surface area contributed by atoms with Crippen LogP contribution in [0.5, 0.6) is 0 Å². The van der Waals surface area contributed by atoms with Crippen LogP contribution in [-0.2, 0) is 6.42 Å². The van der Waals surface area contributed by atoms with Crippen LogP contribution in [0, 0.1) is 5.92 Å². The quantitative estimate of drug-likeness (QED) is 0.416. The van der Waals surface area contributed by atoms with Crippen molar-refractivity contribution in [1.29, 1.82) is 0 Å². The van der Waals surface area contributed by atoms with Gasteiger partial charge in [-0.15, -0.1) is 0 Å². The summed E-state index contributed by atoms with van der Waals surface area (Å²) in [6.07, 6.45) is 9.19. The molecule has 0 heteroatoms. The van der Waals surface area contributed by atoms with Crippen molar-refractivity contribution in [2.24, 2.45) is 5.92 Å². The van der Waals surface area contributed by atoms with Crippen LogP contribution in [0.3, 0.4) is 0 Å². The lowest BCUT2D eigenvalue weighted by molar-refractivity contribution is 0.841. The number of hydrogen-bond donors (Lipinski definition) is 0. The van der Waals surface area contributed by atoms with E-state index in [2.05, 4.69) is 93.6 Å². The Hall–Kier alpha value is -2.86. The number of aryl methyl sites for hydroxylation is 1. The van der Waals surface area contributed by atoms with E-state index in [4.69, 9.17) is 0 Å². The maximum Gasteiger partial charge on any atom is -0.00355 e. The van der Waals surface area contributed by atoms with Gasteiger partial charge in [0.25, 0.3) is 0 Å². The van der Waals surface area contributed by atoms with Gasteiger partial charge in [0.1, 0.15) is 0 Å². The molecule has 0 radical (unpaired) electrons. The minimum absolute atomic E-state index is 0.440. The van der Waals surface area contributed by atoms with Gasteiger partial charge in [-0.05, 0) is 75.4 Å². The summed E-state index contributed by atoms with van der Waals surface area (Å²) in [6, 6.07) is 20.5. The van der Waals surface area contributed by atoms with Crippen LogP contribution in [0.25, 0.3) is 28.0 Å². The molecule has 0 saturated carbocycles. The summed E-state index contributed by atoms with van der Waals surface area (Å²) in [7, 11) is 0. The summed E-state index contributed by atoms with van der Waals surface area (Å²) in [4.78, 5) is 0. The van der Waals surface area contributed by atoms with Crippen molar-refractivity contribution in [2.45, 2.75) is 33.6 Å². The molecule has 3 aromatic rings. The molecule has 0 N–H and O–H groups in total. The normalized spacial score (nSPS) is 19.4. The molecular weight excluding hydrogens is 336 g/mol. The summed E-state index contributed by atoms with van der Waals surface area (Å²) in [6.45, 7) is 6.77. The van der Waals surface area contributed by atoms with Crippen LogP contribution in [0.15, 0.2) is 72.3 Å². The predicted molar refractivity (Wildman–Crippen MR) is 122 cm³/mol. The first kappa shape index (κ1) is 17.3. The van der Waals surface area contributed by atoms with E-state index >= 15 is 0 Å². The van der Waals surface area contributed by atoms with Crippen molar-refractivity contribution in [3.63, 3.8) is 0 Å². The van der Waals surface area contributed by atoms with Gasteiger partial charge < -0.3 is 0 Å². The topological polar surface area (TPSA) is 0 Å². The fraction of sp³-hybridized carbons (Fsp3) is 0.214. The van der Waals surface area contributed by atoms with Gasteiger partial charge in [-0.25, -0.2) is 0 Å². The number of benzene rings is 3. The van der Waals surface area contributed by atoms with E-state index in [1.54, 1.807) is 5.57 Å². The van der Waals surface area contributed by atoms with Crippen LogP contribution in [0.4, 0.5) is 0 Å².